The van der Waals surface area contributed by atoms with Crippen molar-refractivity contribution < 1.29 is 0 Å². The second-order valence-corrected chi connectivity index (χ2v) is 6.55. The van der Waals surface area contributed by atoms with Crippen molar-refractivity contribution in [2.24, 2.45) is 5.92 Å². The van der Waals surface area contributed by atoms with Crippen LogP contribution >= 0.6 is 11.3 Å². The Labute approximate surface area is 129 Å². The summed E-state index contributed by atoms with van der Waals surface area (Å²) in [6, 6.07) is 19.4. The Hall–Kier alpha value is -1.71. The summed E-state index contributed by atoms with van der Waals surface area (Å²) in [5, 5.41) is 4.67. The van der Waals surface area contributed by atoms with Crippen molar-refractivity contribution in [3.63, 3.8) is 0 Å². The highest BCUT2D eigenvalue weighted by Gasteiger charge is 2.19. The molecule has 3 heteroatoms. The maximum Gasteiger partial charge on any atom is 0.0941 e. The molecule has 0 amide bonds. The minimum atomic E-state index is 0.359. The first-order chi connectivity index (χ1) is 10.3. The summed E-state index contributed by atoms with van der Waals surface area (Å²) in [5.41, 5.74) is 2.46. The minimum Gasteiger partial charge on any atom is -0.313 e. The largest absolute Gasteiger partial charge is 0.313 e. The second-order valence-electron chi connectivity index (χ2n) is 5.43. The fraction of sp³-hybridized carbons (Fsp3) is 0.278. The number of hydrogen-bond acceptors (Lipinski definition) is 3. The molecule has 1 aromatic heterocycles. The van der Waals surface area contributed by atoms with E-state index in [1.807, 2.05) is 18.4 Å². The van der Waals surface area contributed by atoms with Crippen LogP contribution < -0.4 is 5.32 Å². The molecule has 0 saturated heterocycles. The van der Waals surface area contributed by atoms with E-state index in [1.165, 1.54) is 15.3 Å². The van der Waals surface area contributed by atoms with Crippen LogP contribution in [0.3, 0.4) is 0 Å². The van der Waals surface area contributed by atoms with Crippen LogP contribution in [0.25, 0.3) is 10.2 Å². The lowest BCUT2D eigenvalue weighted by Gasteiger charge is -2.23. The number of fused-ring (bicyclic) bond motifs is 1. The number of aromatic nitrogens is 1. The number of benzene rings is 2. The van der Waals surface area contributed by atoms with E-state index in [4.69, 9.17) is 4.98 Å². The molecule has 0 aliphatic heterocycles. The SMILES string of the molecule is CNC(c1ccccc1)C(C)Cc1nc2ccccc2s1. The molecule has 0 bridgehead atoms. The third-order valence-electron chi connectivity index (χ3n) is 3.87. The third-order valence-corrected chi connectivity index (χ3v) is 4.93. The smallest absolute Gasteiger partial charge is 0.0941 e. The molecule has 0 radical (unpaired) electrons. The van der Waals surface area contributed by atoms with Crippen LogP contribution in [0.15, 0.2) is 54.6 Å². The monoisotopic (exact) mass is 296 g/mol. The first-order valence-corrected chi connectivity index (χ1v) is 8.16. The predicted octanol–water partition coefficient (Wildman–Crippen LogP) is 4.44. The second kappa shape index (κ2) is 6.37. The molecule has 2 nitrogen and oxygen atoms in total. The van der Waals surface area contributed by atoms with Crippen molar-refractivity contribution in [1.29, 1.82) is 0 Å². The van der Waals surface area contributed by atoms with Crippen molar-refractivity contribution in [2.45, 2.75) is 19.4 Å². The van der Waals surface area contributed by atoms with E-state index in [0.717, 1.165) is 11.9 Å². The van der Waals surface area contributed by atoms with Crippen molar-refractivity contribution >= 4 is 21.6 Å². The fourth-order valence-corrected chi connectivity index (χ4v) is 3.95. The lowest BCUT2D eigenvalue weighted by Crippen LogP contribution is -2.24. The van der Waals surface area contributed by atoms with Gasteiger partial charge >= 0.3 is 0 Å². The van der Waals surface area contributed by atoms with Gasteiger partial charge in [0.25, 0.3) is 0 Å². The highest BCUT2D eigenvalue weighted by atomic mass is 32.1. The standard InChI is InChI=1S/C18H20N2S/c1-13(18(19-2)14-8-4-3-5-9-14)12-17-20-15-10-6-7-11-16(15)21-17/h3-11,13,18-19H,12H2,1-2H3. The number of nitrogens with zero attached hydrogens (tertiary/aromatic N) is 1. The molecule has 2 unspecified atom stereocenters. The van der Waals surface area contributed by atoms with Crippen LogP contribution in [0.1, 0.15) is 23.5 Å². The number of thiazole rings is 1. The lowest BCUT2D eigenvalue weighted by molar-refractivity contribution is 0.409. The van der Waals surface area contributed by atoms with Crippen LogP contribution in [0.2, 0.25) is 0 Å². The molecule has 2 atom stereocenters. The molecule has 0 saturated carbocycles. The Morgan fingerprint density at radius 2 is 1.76 bits per heavy atom. The zero-order valence-electron chi connectivity index (χ0n) is 12.4. The molecule has 1 N–H and O–H groups in total. The first kappa shape index (κ1) is 14.2. The first-order valence-electron chi connectivity index (χ1n) is 7.34. The summed E-state index contributed by atoms with van der Waals surface area (Å²) in [4.78, 5) is 4.75. The van der Waals surface area contributed by atoms with E-state index in [9.17, 15) is 0 Å². The molecule has 3 rings (SSSR count). The van der Waals surface area contributed by atoms with Gasteiger partial charge in [-0.25, -0.2) is 4.98 Å². The zero-order valence-corrected chi connectivity index (χ0v) is 13.2. The van der Waals surface area contributed by atoms with E-state index in [2.05, 4.69) is 66.8 Å². The Kier molecular flexibility index (Phi) is 4.32. The van der Waals surface area contributed by atoms with Gasteiger partial charge in [-0.2, -0.15) is 0 Å². The van der Waals surface area contributed by atoms with Crippen molar-refractivity contribution in [3.8, 4) is 0 Å². The van der Waals surface area contributed by atoms with Gasteiger partial charge in [0.15, 0.2) is 0 Å². The summed E-state index contributed by atoms with van der Waals surface area (Å²) in [7, 11) is 2.03. The van der Waals surface area contributed by atoms with Gasteiger partial charge in [-0.3, -0.25) is 0 Å². The quantitative estimate of drug-likeness (QED) is 0.753. The average Bonchev–Trinajstić information content (AvgIpc) is 2.91. The van der Waals surface area contributed by atoms with Crippen LogP contribution in [0.4, 0.5) is 0 Å². The molecule has 2 aromatic carbocycles. The van der Waals surface area contributed by atoms with Crippen LogP contribution in [-0.2, 0) is 6.42 Å². The van der Waals surface area contributed by atoms with Crippen molar-refractivity contribution in [2.75, 3.05) is 7.05 Å². The van der Waals surface area contributed by atoms with Gasteiger partial charge in [-0.15, -0.1) is 11.3 Å². The minimum absolute atomic E-state index is 0.359. The number of rotatable bonds is 5. The van der Waals surface area contributed by atoms with Gasteiger partial charge in [-0.1, -0.05) is 49.4 Å². The van der Waals surface area contributed by atoms with Gasteiger partial charge in [0.1, 0.15) is 0 Å². The Morgan fingerprint density at radius 1 is 1.05 bits per heavy atom. The highest BCUT2D eigenvalue weighted by Crippen LogP contribution is 2.28. The molecule has 1 heterocycles. The van der Waals surface area contributed by atoms with E-state index in [1.54, 1.807) is 0 Å². The average molecular weight is 296 g/mol. The van der Waals surface area contributed by atoms with E-state index in [-0.39, 0.29) is 0 Å². The van der Waals surface area contributed by atoms with Gasteiger partial charge in [0.05, 0.1) is 15.2 Å². The molecule has 21 heavy (non-hydrogen) atoms. The van der Waals surface area contributed by atoms with E-state index < -0.39 is 0 Å². The normalized spacial score (nSPS) is 14.2. The highest BCUT2D eigenvalue weighted by molar-refractivity contribution is 7.18. The third kappa shape index (κ3) is 3.14. The van der Waals surface area contributed by atoms with Crippen LogP contribution in [-0.4, -0.2) is 12.0 Å². The van der Waals surface area contributed by atoms with Gasteiger partial charge in [-0.05, 0) is 30.7 Å². The molecule has 0 spiro atoms. The number of para-hydroxylation sites is 1. The van der Waals surface area contributed by atoms with Crippen LogP contribution in [0.5, 0.6) is 0 Å². The van der Waals surface area contributed by atoms with E-state index >= 15 is 0 Å². The lowest BCUT2D eigenvalue weighted by atomic mass is 9.92. The molecule has 0 aliphatic rings. The van der Waals surface area contributed by atoms with Crippen molar-refractivity contribution in [1.82, 2.24) is 10.3 Å². The van der Waals surface area contributed by atoms with Gasteiger partial charge < -0.3 is 5.32 Å². The van der Waals surface area contributed by atoms with Crippen molar-refractivity contribution in [3.05, 3.63) is 65.2 Å². The number of nitrogens with one attached hydrogen (secondary N) is 1. The maximum absolute atomic E-state index is 4.75. The number of hydrogen-bond donors (Lipinski definition) is 1. The van der Waals surface area contributed by atoms with Crippen LogP contribution in [0, 0.1) is 5.92 Å². The summed E-state index contributed by atoms with van der Waals surface area (Å²) >= 11 is 1.81. The zero-order chi connectivity index (χ0) is 14.7. The van der Waals surface area contributed by atoms with Gasteiger partial charge in [0, 0.05) is 12.5 Å². The topological polar surface area (TPSA) is 24.9 Å². The summed E-state index contributed by atoms with van der Waals surface area (Å²) in [6.45, 7) is 2.29. The summed E-state index contributed by atoms with van der Waals surface area (Å²) < 4.78 is 1.28. The summed E-state index contributed by atoms with van der Waals surface area (Å²) in [6.07, 6.45) is 1.000. The fourth-order valence-electron chi connectivity index (χ4n) is 2.84. The van der Waals surface area contributed by atoms with E-state index in [0.29, 0.717) is 12.0 Å². The molecule has 3 aromatic rings. The Morgan fingerprint density at radius 3 is 2.48 bits per heavy atom. The molecule has 108 valence electrons. The predicted molar refractivity (Wildman–Crippen MR) is 90.7 cm³/mol. The maximum atomic E-state index is 4.75. The summed E-state index contributed by atoms with van der Waals surface area (Å²) in [5.74, 6) is 0.498. The molecule has 0 aliphatic carbocycles. The Bertz CT molecular complexity index is 672. The molecular weight excluding hydrogens is 276 g/mol. The Balaban J connectivity index is 1.79. The van der Waals surface area contributed by atoms with Gasteiger partial charge in [0.2, 0.25) is 0 Å². The molecule has 0 fully saturated rings. The molecular formula is C18H20N2S.